The molecular formula is C41H81N3O4. The van der Waals surface area contributed by atoms with Gasteiger partial charge in [-0.1, -0.05) is 142 Å². The molecule has 1 saturated heterocycles. The maximum Gasteiger partial charge on any atom is 0.305 e. The van der Waals surface area contributed by atoms with Crippen molar-refractivity contribution in [1.82, 2.24) is 9.80 Å². The fourth-order valence-corrected chi connectivity index (χ4v) is 6.89. The number of carbonyl (C=O) groups is 2. The molecule has 1 aliphatic rings. The zero-order valence-corrected chi connectivity index (χ0v) is 32.1. The summed E-state index contributed by atoms with van der Waals surface area (Å²) < 4.78 is 11.2. The largest absolute Gasteiger partial charge is 0.464 e. The Hall–Kier alpha value is -1.18. The molecule has 1 aliphatic heterocycles. The molecular weight excluding hydrogens is 598 g/mol. The Morgan fingerprint density at radius 1 is 0.562 bits per heavy atom. The lowest BCUT2D eigenvalue weighted by Crippen LogP contribution is -2.38. The van der Waals surface area contributed by atoms with Crippen LogP contribution in [0.15, 0.2) is 0 Å². The highest BCUT2D eigenvalue weighted by Gasteiger charge is 2.18. The smallest absolute Gasteiger partial charge is 0.305 e. The Labute approximate surface area is 298 Å². The van der Waals surface area contributed by atoms with Gasteiger partial charge < -0.3 is 20.1 Å². The minimum absolute atomic E-state index is 0.0768. The van der Waals surface area contributed by atoms with Crippen molar-refractivity contribution in [1.29, 1.82) is 0 Å². The predicted molar refractivity (Wildman–Crippen MR) is 203 cm³/mol. The van der Waals surface area contributed by atoms with Crippen molar-refractivity contribution in [2.75, 3.05) is 59.0 Å². The molecule has 1 fully saturated rings. The monoisotopic (exact) mass is 680 g/mol. The van der Waals surface area contributed by atoms with E-state index in [1.807, 2.05) is 0 Å². The summed E-state index contributed by atoms with van der Waals surface area (Å²) in [5, 5.41) is 0. The fraction of sp³-hybridized carbons (Fsp3) is 0.951. The zero-order chi connectivity index (χ0) is 34.8. The van der Waals surface area contributed by atoms with E-state index in [2.05, 4.69) is 23.6 Å². The Bertz CT molecular complexity index is 670. The zero-order valence-electron chi connectivity index (χ0n) is 32.1. The molecule has 0 bridgehead atoms. The Morgan fingerprint density at radius 2 is 0.938 bits per heavy atom. The minimum Gasteiger partial charge on any atom is -0.464 e. The quantitative estimate of drug-likeness (QED) is 0.0527. The minimum atomic E-state index is -0.0768. The first kappa shape index (κ1) is 44.8. The summed E-state index contributed by atoms with van der Waals surface area (Å²) in [4.78, 5) is 29.6. The van der Waals surface area contributed by atoms with Crippen LogP contribution in [0, 0.1) is 5.92 Å². The summed E-state index contributed by atoms with van der Waals surface area (Å²) in [5.74, 6) is 0.524. The lowest BCUT2D eigenvalue weighted by Gasteiger charge is -2.32. The third kappa shape index (κ3) is 28.6. The lowest BCUT2D eigenvalue weighted by atomic mass is 9.97. The first-order valence-corrected chi connectivity index (χ1v) is 21.0. The number of nitrogens with two attached hydrogens (primary N) is 1. The Morgan fingerprint density at radius 3 is 1.31 bits per heavy atom. The first-order valence-electron chi connectivity index (χ1n) is 21.0. The van der Waals surface area contributed by atoms with E-state index < -0.39 is 0 Å². The molecule has 0 radical (unpaired) electrons. The van der Waals surface area contributed by atoms with E-state index >= 15 is 0 Å². The highest BCUT2D eigenvalue weighted by atomic mass is 16.5. The number of esters is 2. The summed E-state index contributed by atoms with van der Waals surface area (Å²) in [6.07, 6.45) is 32.6. The van der Waals surface area contributed by atoms with Crippen molar-refractivity contribution in [2.24, 2.45) is 11.7 Å². The van der Waals surface area contributed by atoms with Crippen LogP contribution >= 0.6 is 0 Å². The maximum absolute atomic E-state index is 12.4. The van der Waals surface area contributed by atoms with Crippen LogP contribution in [-0.2, 0) is 19.1 Å². The van der Waals surface area contributed by atoms with E-state index in [1.165, 1.54) is 128 Å². The van der Waals surface area contributed by atoms with Gasteiger partial charge >= 0.3 is 11.9 Å². The van der Waals surface area contributed by atoms with E-state index in [0.717, 1.165) is 64.8 Å². The Balaban J connectivity index is 2.20. The molecule has 0 aromatic rings. The average Bonchev–Trinajstić information content (AvgIpc) is 3.09. The maximum atomic E-state index is 12.4. The molecule has 0 amide bonds. The normalized spacial score (nSPS) is 14.2. The second-order valence-corrected chi connectivity index (χ2v) is 14.7. The molecule has 0 saturated carbocycles. The summed E-state index contributed by atoms with van der Waals surface area (Å²) in [6, 6.07) is 0. The first-order chi connectivity index (χ1) is 23.6. The summed E-state index contributed by atoms with van der Waals surface area (Å²) in [5.41, 5.74) is 5.87. The number of rotatable bonds is 35. The van der Waals surface area contributed by atoms with Crippen molar-refractivity contribution < 1.29 is 19.1 Å². The van der Waals surface area contributed by atoms with Gasteiger partial charge in [-0.3, -0.25) is 14.5 Å². The molecule has 0 aromatic heterocycles. The fourth-order valence-electron chi connectivity index (χ4n) is 6.89. The highest BCUT2D eigenvalue weighted by Crippen LogP contribution is 2.16. The van der Waals surface area contributed by atoms with Crippen LogP contribution < -0.4 is 5.73 Å². The van der Waals surface area contributed by atoms with Crippen molar-refractivity contribution in [3.05, 3.63) is 0 Å². The number of carbonyl (C=O) groups excluding carboxylic acids is 2. The lowest BCUT2D eigenvalue weighted by molar-refractivity contribution is -0.144. The Kier molecular flexibility index (Phi) is 32.0. The van der Waals surface area contributed by atoms with Crippen LogP contribution in [0.25, 0.3) is 0 Å². The number of piperidine rings is 1. The third-order valence-electron chi connectivity index (χ3n) is 10.3. The van der Waals surface area contributed by atoms with Gasteiger partial charge in [0.15, 0.2) is 0 Å². The molecule has 1 heterocycles. The summed E-state index contributed by atoms with van der Waals surface area (Å²) in [6.45, 7) is 11.8. The SMILES string of the molecule is CCCCCCCCCCCCCC(=O)OCCN(CCCN1CCC(CN)CC1)CCOC(=O)CCCCCCCCCCCCC. The van der Waals surface area contributed by atoms with E-state index in [1.54, 1.807) is 0 Å². The number of nitrogens with zero attached hydrogens (tertiary/aromatic N) is 2. The van der Waals surface area contributed by atoms with Crippen molar-refractivity contribution in [2.45, 2.75) is 187 Å². The van der Waals surface area contributed by atoms with Crippen LogP contribution in [0.2, 0.25) is 0 Å². The van der Waals surface area contributed by atoms with Crippen molar-refractivity contribution in [3.63, 3.8) is 0 Å². The molecule has 0 aliphatic carbocycles. The van der Waals surface area contributed by atoms with Crippen LogP contribution in [0.3, 0.4) is 0 Å². The number of likely N-dealkylation sites (tertiary alicyclic amines) is 1. The van der Waals surface area contributed by atoms with Gasteiger partial charge in [-0.25, -0.2) is 0 Å². The van der Waals surface area contributed by atoms with Crippen molar-refractivity contribution >= 4 is 11.9 Å². The summed E-state index contributed by atoms with van der Waals surface area (Å²) in [7, 11) is 0. The van der Waals surface area contributed by atoms with Crippen molar-refractivity contribution in [3.8, 4) is 0 Å². The van der Waals surface area contributed by atoms with E-state index in [-0.39, 0.29) is 11.9 Å². The molecule has 0 atom stereocenters. The molecule has 0 unspecified atom stereocenters. The molecule has 284 valence electrons. The standard InChI is InChI=1S/C41H81N3O4/c1-3-5-7-9-11-13-15-17-19-21-23-26-40(45)47-36-34-44(31-25-30-43-32-28-39(38-42)29-33-43)35-37-48-41(46)27-24-22-20-18-16-14-12-10-8-6-4-2/h39H,3-38,42H2,1-2H3. The summed E-state index contributed by atoms with van der Waals surface area (Å²) >= 11 is 0. The van der Waals surface area contributed by atoms with Crippen LogP contribution in [-0.4, -0.2) is 80.8 Å². The van der Waals surface area contributed by atoms with Gasteiger partial charge in [-0.05, 0) is 70.7 Å². The molecule has 7 heteroatoms. The van der Waals surface area contributed by atoms with Gasteiger partial charge in [-0.15, -0.1) is 0 Å². The second-order valence-electron chi connectivity index (χ2n) is 14.7. The number of hydrogen-bond acceptors (Lipinski definition) is 7. The molecule has 48 heavy (non-hydrogen) atoms. The van der Waals surface area contributed by atoms with Gasteiger partial charge in [0.25, 0.3) is 0 Å². The van der Waals surface area contributed by atoms with Crippen LogP contribution in [0.4, 0.5) is 0 Å². The van der Waals surface area contributed by atoms with Crippen LogP contribution in [0.5, 0.6) is 0 Å². The topological polar surface area (TPSA) is 85.1 Å². The average molecular weight is 680 g/mol. The van der Waals surface area contributed by atoms with Gasteiger partial charge in [0.2, 0.25) is 0 Å². The van der Waals surface area contributed by atoms with E-state index in [0.29, 0.717) is 45.1 Å². The van der Waals surface area contributed by atoms with E-state index in [4.69, 9.17) is 15.2 Å². The molecule has 1 rings (SSSR count). The van der Waals surface area contributed by atoms with Crippen LogP contribution in [0.1, 0.15) is 187 Å². The van der Waals surface area contributed by atoms with Gasteiger partial charge in [0.05, 0.1) is 0 Å². The third-order valence-corrected chi connectivity index (χ3v) is 10.3. The second kappa shape index (κ2) is 34.3. The molecule has 0 aromatic carbocycles. The molecule has 0 spiro atoms. The molecule has 2 N–H and O–H groups in total. The van der Waals surface area contributed by atoms with Gasteiger partial charge in [0.1, 0.15) is 13.2 Å². The number of ether oxygens (including phenoxy) is 2. The van der Waals surface area contributed by atoms with E-state index in [9.17, 15) is 9.59 Å². The number of hydrogen-bond donors (Lipinski definition) is 1. The predicted octanol–water partition coefficient (Wildman–Crippen LogP) is 9.84. The van der Waals surface area contributed by atoms with Gasteiger partial charge in [-0.2, -0.15) is 0 Å². The molecule has 7 nitrogen and oxygen atoms in total. The highest BCUT2D eigenvalue weighted by molar-refractivity contribution is 5.69. The number of unbranched alkanes of at least 4 members (excludes halogenated alkanes) is 20. The van der Waals surface area contributed by atoms with Gasteiger partial charge in [0, 0.05) is 25.9 Å².